The second-order valence-electron chi connectivity index (χ2n) is 16.7. The van der Waals surface area contributed by atoms with Crippen LogP contribution >= 0.6 is 22.7 Å². The molecule has 0 aliphatic rings. The zero-order chi connectivity index (χ0) is 42.6. The van der Waals surface area contributed by atoms with Crippen LogP contribution in [0, 0.1) is 0 Å². The van der Waals surface area contributed by atoms with E-state index in [1.807, 2.05) is 11.3 Å². The molecule has 0 fully saturated rings. The summed E-state index contributed by atoms with van der Waals surface area (Å²) in [5.41, 5.74) is 8.53. The predicted octanol–water partition coefficient (Wildman–Crippen LogP) is 16.7. The Morgan fingerprint density at radius 1 is 0.308 bits per heavy atom. The Kier molecular flexibility index (Phi) is 7.99. The Hall–Kier alpha value is -8.03. The molecule has 0 N–H and O–H groups in total. The van der Waals surface area contributed by atoms with Gasteiger partial charge in [0.25, 0.3) is 0 Å². The lowest BCUT2D eigenvalue weighted by atomic mass is 10.0. The summed E-state index contributed by atoms with van der Waals surface area (Å²) < 4.78 is 7.36. The lowest BCUT2D eigenvalue weighted by Gasteiger charge is -2.14. The lowest BCUT2D eigenvalue weighted by Crippen LogP contribution is -2.02. The number of benzene rings is 10. The van der Waals surface area contributed by atoms with E-state index in [1.165, 1.54) is 72.7 Å². The molecule has 10 aromatic carbocycles. The molecular weight excluding hydrogens is 829 g/mol. The molecule has 0 atom stereocenters. The first-order valence-electron chi connectivity index (χ1n) is 21.8. The topological polar surface area (TPSA) is 43.6 Å². The minimum Gasteiger partial charge on any atom is -0.308 e. The molecule has 4 nitrogen and oxygen atoms in total. The summed E-state index contributed by atoms with van der Waals surface area (Å²) in [6.07, 6.45) is 0. The molecule has 4 heterocycles. The summed E-state index contributed by atoms with van der Waals surface area (Å²) in [7, 11) is 0. The van der Waals surface area contributed by atoms with Gasteiger partial charge in [0.1, 0.15) is 0 Å². The van der Waals surface area contributed by atoms with Gasteiger partial charge in [0.2, 0.25) is 0 Å². The van der Waals surface area contributed by atoms with Gasteiger partial charge in [-0.05, 0) is 87.3 Å². The van der Waals surface area contributed by atoms with E-state index >= 15 is 0 Å². The van der Waals surface area contributed by atoms with Gasteiger partial charge < -0.3 is 4.57 Å². The highest BCUT2D eigenvalue weighted by Crippen LogP contribution is 2.46. The second kappa shape index (κ2) is 14.2. The molecular formula is C59H34N4S2. The smallest absolute Gasteiger partial charge is 0.164 e. The van der Waals surface area contributed by atoms with Crippen molar-refractivity contribution in [3.63, 3.8) is 0 Å². The van der Waals surface area contributed by atoms with Gasteiger partial charge in [-0.15, -0.1) is 22.7 Å². The molecule has 302 valence electrons. The Morgan fingerprint density at radius 2 is 0.908 bits per heavy atom. The maximum absolute atomic E-state index is 5.48. The average molecular weight is 863 g/mol. The third-order valence-corrected chi connectivity index (χ3v) is 15.2. The van der Waals surface area contributed by atoms with E-state index in [0.29, 0.717) is 17.5 Å². The van der Waals surface area contributed by atoms with Crippen molar-refractivity contribution in [3.05, 3.63) is 206 Å². The first kappa shape index (κ1) is 36.5. The molecule has 0 radical (unpaired) electrons. The maximum Gasteiger partial charge on any atom is 0.164 e. The maximum atomic E-state index is 5.48. The highest BCUT2D eigenvalue weighted by atomic mass is 32.1. The lowest BCUT2D eigenvalue weighted by molar-refractivity contribution is 1.08. The molecule has 4 aromatic heterocycles. The Morgan fingerprint density at radius 3 is 1.72 bits per heavy atom. The molecule has 0 amide bonds. The summed E-state index contributed by atoms with van der Waals surface area (Å²) >= 11 is 3.63. The summed E-state index contributed by atoms with van der Waals surface area (Å²) in [6.45, 7) is 0. The fourth-order valence-corrected chi connectivity index (χ4v) is 12.4. The van der Waals surface area contributed by atoms with E-state index in [1.54, 1.807) is 11.3 Å². The molecule has 0 aliphatic carbocycles. The highest BCUT2D eigenvalue weighted by molar-refractivity contribution is 7.26. The number of nitrogens with zero attached hydrogens (tertiary/aromatic N) is 4. The number of aromatic nitrogens is 4. The first-order valence-corrected chi connectivity index (χ1v) is 23.5. The predicted molar refractivity (Wildman–Crippen MR) is 277 cm³/mol. The highest BCUT2D eigenvalue weighted by Gasteiger charge is 2.23. The van der Waals surface area contributed by atoms with Gasteiger partial charge >= 0.3 is 0 Å². The van der Waals surface area contributed by atoms with Crippen molar-refractivity contribution in [3.8, 4) is 51.0 Å². The van der Waals surface area contributed by atoms with Crippen LogP contribution in [-0.4, -0.2) is 19.5 Å². The number of fused-ring (bicyclic) bond motifs is 12. The average Bonchev–Trinajstić information content (AvgIpc) is 4.05. The Bertz CT molecular complexity index is 4250. The van der Waals surface area contributed by atoms with Crippen LogP contribution in [0.3, 0.4) is 0 Å². The van der Waals surface area contributed by atoms with E-state index < -0.39 is 0 Å². The third-order valence-electron chi connectivity index (χ3n) is 13.0. The summed E-state index contributed by atoms with van der Waals surface area (Å²) in [5, 5.41) is 12.2. The quantitative estimate of drug-likeness (QED) is 0.173. The standard InChI is InChI=1S/C59H34N4S2/c1-2-14-35(15-3-1)37-19-12-20-40(30-37)57-60-58(62-59(61-57)45-24-13-27-52-55(45)43-22-8-10-25-50(43)64-52)41-33-49(56-44-23-9-11-26-51(44)65-53(56)34-41)63-47-29-28-36-16-6-7-21-42(36)54(47)46-31-38-17-4-5-18-39(38)32-48(46)63/h1-34H. The number of hydrogen-bond donors (Lipinski definition) is 0. The molecule has 6 heteroatoms. The zero-order valence-electron chi connectivity index (χ0n) is 34.7. The minimum atomic E-state index is 0.629. The molecule has 0 spiro atoms. The molecule has 14 aromatic rings. The molecule has 0 unspecified atom stereocenters. The van der Waals surface area contributed by atoms with E-state index in [2.05, 4.69) is 211 Å². The van der Waals surface area contributed by atoms with Crippen LogP contribution in [0.5, 0.6) is 0 Å². The minimum absolute atomic E-state index is 0.629. The van der Waals surface area contributed by atoms with Crippen molar-refractivity contribution in [2.24, 2.45) is 0 Å². The fraction of sp³-hybridized carbons (Fsp3) is 0. The summed E-state index contributed by atoms with van der Waals surface area (Å²) in [5.74, 6) is 1.91. The molecule has 0 bridgehead atoms. The van der Waals surface area contributed by atoms with Gasteiger partial charge in [-0.2, -0.15) is 0 Å². The van der Waals surface area contributed by atoms with Crippen molar-refractivity contribution >= 4 is 106 Å². The molecule has 0 saturated carbocycles. The monoisotopic (exact) mass is 862 g/mol. The second-order valence-corrected chi connectivity index (χ2v) is 18.9. The zero-order valence-corrected chi connectivity index (χ0v) is 36.4. The molecule has 0 saturated heterocycles. The molecule has 0 aliphatic heterocycles. The first-order chi connectivity index (χ1) is 32.2. The summed E-state index contributed by atoms with van der Waals surface area (Å²) in [6, 6.07) is 74.4. The van der Waals surface area contributed by atoms with Gasteiger partial charge in [0.05, 0.1) is 16.7 Å². The summed E-state index contributed by atoms with van der Waals surface area (Å²) in [4.78, 5) is 16.3. The Balaban J connectivity index is 1.09. The molecule has 65 heavy (non-hydrogen) atoms. The number of hydrogen-bond acceptors (Lipinski definition) is 5. The van der Waals surface area contributed by atoms with Gasteiger partial charge in [-0.3, -0.25) is 0 Å². The number of rotatable bonds is 5. The van der Waals surface area contributed by atoms with Crippen LogP contribution in [0.25, 0.3) is 135 Å². The SMILES string of the molecule is c1ccc(-c2cccc(-c3nc(-c4cc(-n5c6cc7ccccc7cc6c6c7ccccc7ccc65)c5c(c4)sc4ccccc45)nc(-c4cccc5sc6ccccc6c45)n3)c2)cc1. The van der Waals surface area contributed by atoms with Crippen LogP contribution in [0.4, 0.5) is 0 Å². The van der Waals surface area contributed by atoms with Crippen molar-refractivity contribution in [1.29, 1.82) is 0 Å². The van der Waals surface area contributed by atoms with Crippen LogP contribution < -0.4 is 0 Å². The van der Waals surface area contributed by atoms with Gasteiger partial charge in [-0.25, -0.2) is 15.0 Å². The van der Waals surface area contributed by atoms with Crippen LogP contribution in [-0.2, 0) is 0 Å². The van der Waals surface area contributed by atoms with E-state index in [9.17, 15) is 0 Å². The van der Waals surface area contributed by atoms with Gasteiger partial charge in [0, 0.05) is 67.8 Å². The van der Waals surface area contributed by atoms with Crippen LogP contribution in [0.15, 0.2) is 206 Å². The van der Waals surface area contributed by atoms with Crippen LogP contribution in [0.2, 0.25) is 0 Å². The van der Waals surface area contributed by atoms with Crippen LogP contribution in [0.1, 0.15) is 0 Å². The van der Waals surface area contributed by atoms with Crippen molar-refractivity contribution < 1.29 is 0 Å². The molecule has 14 rings (SSSR count). The van der Waals surface area contributed by atoms with Gasteiger partial charge in [-0.1, -0.05) is 152 Å². The fourth-order valence-electron chi connectivity index (χ4n) is 10.1. The van der Waals surface area contributed by atoms with E-state index in [4.69, 9.17) is 15.0 Å². The Labute approximate surface area is 381 Å². The number of thiophene rings is 2. The largest absolute Gasteiger partial charge is 0.308 e. The van der Waals surface area contributed by atoms with Crippen molar-refractivity contribution in [1.82, 2.24) is 19.5 Å². The van der Waals surface area contributed by atoms with E-state index in [0.717, 1.165) is 44.5 Å². The third kappa shape index (κ3) is 5.71. The van der Waals surface area contributed by atoms with Crippen molar-refractivity contribution in [2.45, 2.75) is 0 Å². The van der Waals surface area contributed by atoms with Gasteiger partial charge in [0.15, 0.2) is 17.5 Å². The normalized spacial score (nSPS) is 12.0. The van der Waals surface area contributed by atoms with E-state index in [-0.39, 0.29) is 0 Å². The van der Waals surface area contributed by atoms with Crippen molar-refractivity contribution in [2.75, 3.05) is 0 Å².